The fraction of sp³-hybridized carbons (Fsp3) is 0.381. The third-order valence-corrected chi connectivity index (χ3v) is 5.17. The minimum atomic E-state index is -0.859. The number of aromatic nitrogens is 3. The molecule has 4 rings (SSSR count). The molecule has 0 aliphatic carbocycles. The highest BCUT2D eigenvalue weighted by Gasteiger charge is 2.25. The fourth-order valence-corrected chi connectivity index (χ4v) is 3.57. The Kier molecular flexibility index (Phi) is 6.10. The molecule has 0 saturated carbocycles. The van der Waals surface area contributed by atoms with E-state index in [-0.39, 0.29) is 24.3 Å². The fourth-order valence-electron chi connectivity index (χ4n) is 3.57. The smallest absolute Gasteiger partial charge is 0.172 e. The average molecular weight is 431 g/mol. The number of aliphatic hydroxyl groups is 1. The first-order valence-electron chi connectivity index (χ1n) is 9.91. The Morgan fingerprint density at radius 1 is 1.19 bits per heavy atom. The van der Waals surface area contributed by atoms with Crippen LogP contribution in [0.15, 0.2) is 30.5 Å². The van der Waals surface area contributed by atoms with Crippen LogP contribution in [-0.4, -0.2) is 53.0 Å². The molecular formula is C21H23F2N5O3. The lowest BCUT2D eigenvalue weighted by molar-refractivity contribution is 0.0618. The van der Waals surface area contributed by atoms with E-state index in [9.17, 15) is 13.9 Å². The number of pyridine rings is 1. The highest BCUT2D eigenvalue weighted by molar-refractivity contribution is 5.79. The second kappa shape index (κ2) is 8.94. The summed E-state index contributed by atoms with van der Waals surface area (Å²) in [6, 6.07) is 4.92. The first kappa shape index (κ1) is 21.1. The summed E-state index contributed by atoms with van der Waals surface area (Å²) in [6.07, 6.45) is 1.73. The summed E-state index contributed by atoms with van der Waals surface area (Å²) in [7, 11) is 1.50. The average Bonchev–Trinajstić information content (AvgIpc) is 2.75. The number of aliphatic hydroxyl groups excluding tert-OH is 1. The summed E-state index contributed by atoms with van der Waals surface area (Å²) in [5.41, 5.74) is 7.68. The van der Waals surface area contributed by atoms with Gasteiger partial charge in [0.1, 0.15) is 23.5 Å². The molecule has 1 atom stereocenters. The molecule has 3 N–H and O–H groups in total. The molecule has 10 heteroatoms. The van der Waals surface area contributed by atoms with Gasteiger partial charge in [-0.1, -0.05) is 0 Å². The van der Waals surface area contributed by atoms with Crippen LogP contribution in [0.2, 0.25) is 0 Å². The number of ether oxygens (including phenoxy) is 2. The summed E-state index contributed by atoms with van der Waals surface area (Å²) < 4.78 is 37.5. The van der Waals surface area contributed by atoms with Crippen molar-refractivity contribution in [3.63, 3.8) is 0 Å². The molecule has 2 aromatic heterocycles. The number of anilines is 2. The molecule has 164 valence electrons. The predicted octanol–water partition coefficient (Wildman–Crippen LogP) is 2.61. The minimum Gasteiger partial charge on any atom is -0.487 e. The molecular weight excluding hydrogens is 408 g/mol. The molecule has 3 aromatic rings. The molecule has 1 unspecified atom stereocenters. The van der Waals surface area contributed by atoms with E-state index in [4.69, 9.17) is 15.2 Å². The molecule has 0 amide bonds. The Balaban J connectivity index is 1.45. The molecule has 31 heavy (non-hydrogen) atoms. The van der Waals surface area contributed by atoms with Crippen molar-refractivity contribution >= 4 is 22.7 Å². The second-order valence-electron chi connectivity index (χ2n) is 7.38. The number of nitrogens with two attached hydrogens (primary N) is 1. The zero-order valence-corrected chi connectivity index (χ0v) is 17.0. The van der Waals surface area contributed by atoms with E-state index in [1.807, 2.05) is 4.90 Å². The minimum absolute atomic E-state index is 0.0439. The molecule has 1 fully saturated rings. The Morgan fingerprint density at radius 3 is 2.68 bits per heavy atom. The zero-order valence-electron chi connectivity index (χ0n) is 17.0. The van der Waals surface area contributed by atoms with Gasteiger partial charge in [0.25, 0.3) is 0 Å². The predicted molar refractivity (Wildman–Crippen MR) is 111 cm³/mol. The largest absolute Gasteiger partial charge is 0.487 e. The lowest BCUT2D eigenvalue weighted by Crippen LogP contribution is -2.39. The van der Waals surface area contributed by atoms with Gasteiger partial charge in [-0.2, -0.15) is 0 Å². The van der Waals surface area contributed by atoms with Gasteiger partial charge < -0.3 is 25.2 Å². The van der Waals surface area contributed by atoms with Crippen molar-refractivity contribution in [2.45, 2.75) is 25.0 Å². The third kappa shape index (κ3) is 4.64. The van der Waals surface area contributed by atoms with E-state index >= 15 is 0 Å². The van der Waals surface area contributed by atoms with Crippen molar-refractivity contribution in [2.75, 3.05) is 37.4 Å². The normalized spacial score (nSPS) is 15.9. The first-order valence-corrected chi connectivity index (χ1v) is 9.91. The number of benzene rings is 1. The quantitative estimate of drug-likeness (QED) is 0.614. The van der Waals surface area contributed by atoms with Gasteiger partial charge >= 0.3 is 0 Å². The number of hydrogen-bond acceptors (Lipinski definition) is 8. The van der Waals surface area contributed by atoms with Crippen molar-refractivity contribution in [1.82, 2.24) is 15.0 Å². The van der Waals surface area contributed by atoms with Crippen LogP contribution in [0.3, 0.4) is 0 Å². The van der Waals surface area contributed by atoms with Crippen LogP contribution in [0.1, 0.15) is 24.6 Å². The van der Waals surface area contributed by atoms with Crippen molar-refractivity contribution < 1.29 is 23.4 Å². The summed E-state index contributed by atoms with van der Waals surface area (Å²) >= 11 is 0. The number of piperidine rings is 1. The second-order valence-corrected chi connectivity index (χ2v) is 7.38. The van der Waals surface area contributed by atoms with E-state index in [1.54, 1.807) is 12.3 Å². The van der Waals surface area contributed by atoms with E-state index in [0.29, 0.717) is 48.5 Å². The molecule has 1 aromatic carbocycles. The van der Waals surface area contributed by atoms with Gasteiger partial charge in [0, 0.05) is 39.1 Å². The monoisotopic (exact) mass is 431 g/mol. The number of hydrogen-bond donors (Lipinski definition) is 2. The standard InChI is InChI=1S/C21H23F2N5O3/c1-30-11-18(29)16-9-15-17(10-25-16)27-21(20(24)26-15)28-6-4-13(5-7-28)31-19-3-2-12(22)8-14(19)23/h2-3,8-10,13,18,29H,4-7,11H2,1H3,(H2,24,26). The maximum absolute atomic E-state index is 13.8. The summed E-state index contributed by atoms with van der Waals surface area (Å²) in [6.45, 7) is 1.31. The zero-order chi connectivity index (χ0) is 22.0. The van der Waals surface area contributed by atoms with Crippen LogP contribution in [-0.2, 0) is 4.74 Å². The topological polar surface area (TPSA) is 107 Å². The van der Waals surface area contributed by atoms with Gasteiger partial charge in [-0.15, -0.1) is 0 Å². The van der Waals surface area contributed by atoms with Gasteiger partial charge in [0.05, 0.1) is 24.0 Å². The lowest BCUT2D eigenvalue weighted by Gasteiger charge is -2.33. The van der Waals surface area contributed by atoms with Crippen molar-refractivity contribution in [3.05, 3.63) is 47.8 Å². The lowest BCUT2D eigenvalue weighted by atomic mass is 10.1. The Bertz CT molecular complexity index is 1080. The highest BCUT2D eigenvalue weighted by Crippen LogP contribution is 2.28. The van der Waals surface area contributed by atoms with E-state index < -0.39 is 17.7 Å². The van der Waals surface area contributed by atoms with Crippen molar-refractivity contribution in [2.24, 2.45) is 0 Å². The third-order valence-electron chi connectivity index (χ3n) is 5.17. The molecule has 3 heterocycles. The molecule has 1 aliphatic rings. The maximum atomic E-state index is 13.8. The van der Waals surface area contributed by atoms with Crippen LogP contribution >= 0.6 is 0 Å². The molecule has 8 nitrogen and oxygen atoms in total. The van der Waals surface area contributed by atoms with Gasteiger partial charge in [-0.05, 0) is 18.2 Å². The Hall–Kier alpha value is -3.11. The van der Waals surface area contributed by atoms with Crippen LogP contribution in [0.4, 0.5) is 20.4 Å². The highest BCUT2D eigenvalue weighted by atomic mass is 19.1. The van der Waals surface area contributed by atoms with Gasteiger partial charge in [0.15, 0.2) is 23.2 Å². The number of nitrogen functional groups attached to an aromatic ring is 1. The number of nitrogens with zero attached hydrogens (tertiary/aromatic N) is 4. The molecule has 0 bridgehead atoms. The summed E-state index contributed by atoms with van der Waals surface area (Å²) in [5, 5.41) is 10.0. The van der Waals surface area contributed by atoms with Crippen molar-refractivity contribution in [1.29, 1.82) is 0 Å². The number of methoxy groups -OCH3 is 1. The SMILES string of the molecule is COCC(O)c1cc2nc(N)c(N3CCC(Oc4ccc(F)cc4F)CC3)nc2cn1. The van der Waals surface area contributed by atoms with Crippen LogP contribution in [0, 0.1) is 11.6 Å². The van der Waals surface area contributed by atoms with Gasteiger partial charge in [-0.25, -0.2) is 18.7 Å². The summed E-state index contributed by atoms with van der Waals surface area (Å²) in [4.78, 5) is 15.3. The van der Waals surface area contributed by atoms with Crippen LogP contribution in [0.5, 0.6) is 5.75 Å². The molecule has 0 radical (unpaired) electrons. The van der Waals surface area contributed by atoms with E-state index in [0.717, 1.165) is 6.07 Å². The molecule has 1 saturated heterocycles. The van der Waals surface area contributed by atoms with Gasteiger partial charge in [0.2, 0.25) is 0 Å². The summed E-state index contributed by atoms with van der Waals surface area (Å²) in [5.74, 6) is -0.488. The Morgan fingerprint density at radius 2 is 1.97 bits per heavy atom. The van der Waals surface area contributed by atoms with Gasteiger partial charge in [-0.3, -0.25) is 4.98 Å². The van der Waals surface area contributed by atoms with Crippen molar-refractivity contribution in [3.8, 4) is 5.75 Å². The van der Waals surface area contributed by atoms with Crippen LogP contribution in [0.25, 0.3) is 11.0 Å². The number of halogens is 2. The Labute approximate surface area is 177 Å². The first-order chi connectivity index (χ1) is 14.9. The van der Waals surface area contributed by atoms with E-state index in [1.165, 1.54) is 19.2 Å². The van der Waals surface area contributed by atoms with E-state index in [2.05, 4.69) is 15.0 Å². The molecule has 1 aliphatic heterocycles. The van der Waals surface area contributed by atoms with Crippen LogP contribution < -0.4 is 15.4 Å². The number of fused-ring (bicyclic) bond motifs is 1. The molecule has 0 spiro atoms. The number of rotatable bonds is 6. The maximum Gasteiger partial charge on any atom is 0.172 e.